The molecule has 6 heteroatoms. The molecule has 0 aliphatic carbocycles. The van der Waals surface area contributed by atoms with Gasteiger partial charge in [-0.1, -0.05) is 37.6 Å². The van der Waals surface area contributed by atoms with Crippen LogP contribution in [0.5, 0.6) is 0 Å². The van der Waals surface area contributed by atoms with Gasteiger partial charge in [-0.25, -0.2) is 4.39 Å². The van der Waals surface area contributed by atoms with Crippen LogP contribution in [0.25, 0.3) is 0 Å². The van der Waals surface area contributed by atoms with Crippen molar-refractivity contribution in [2.24, 2.45) is 5.92 Å². The summed E-state index contributed by atoms with van der Waals surface area (Å²) >= 11 is 5.83. The van der Waals surface area contributed by atoms with Crippen LogP contribution < -0.4 is 5.32 Å². The van der Waals surface area contributed by atoms with E-state index in [1.807, 2.05) is 13.8 Å². The molecule has 0 heterocycles. The zero-order valence-corrected chi connectivity index (χ0v) is 15.8. The molecule has 0 aliphatic rings. The Labute approximate surface area is 158 Å². The first-order valence-corrected chi connectivity index (χ1v) is 8.71. The molecule has 1 unspecified atom stereocenters. The highest BCUT2D eigenvalue weighted by atomic mass is 35.5. The summed E-state index contributed by atoms with van der Waals surface area (Å²) in [6.45, 7) is 3.98. The number of benzene rings is 2. The van der Waals surface area contributed by atoms with Gasteiger partial charge in [-0.2, -0.15) is 0 Å². The van der Waals surface area contributed by atoms with Crippen LogP contribution in [0.2, 0.25) is 5.02 Å². The van der Waals surface area contributed by atoms with E-state index >= 15 is 0 Å². The van der Waals surface area contributed by atoms with Crippen molar-refractivity contribution in [2.75, 3.05) is 7.05 Å². The third-order valence-corrected chi connectivity index (χ3v) is 4.26. The summed E-state index contributed by atoms with van der Waals surface area (Å²) < 4.78 is 13.3. The smallest absolute Gasteiger partial charge is 0.251 e. The van der Waals surface area contributed by atoms with Crippen LogP contribution in [0.1, 0.15) is 29.8 Å². The summed E-state index contributed by atoms with van der Waals surface area (Å²) in [6, 6.07) is 11.9. The summed E-state index contributed by atoms with van der Waals surface area (Å²) in [4.78, 5) is 26.7. The van der Waals surface area contributed by atoms with Gasteiger partial charge < -0.3 is 10.2 Å². The molecule has 26 heavy (non-hydrogen) atoms. The molecule has 1 atom stereocenters. The van der Waals surface area contributed by atoms with Crippen molar-refractivity contribution < 1.29 is 14.0 Å². The monoisotopic (exact) mass is 376 g/mol. The fraction of sp³-hybridized carbons (Fsp3) is 0.300. The second-order valence-corrected chi connectivity index (χ2v) is 6.96. The van der Waals surface area contributed by atoms with Crippen molar-refractivity contribution in [1.82, 2.24) is 10.2 Å². The van der Waals surface area contributed by atoms with Crippen LogP contribution in [-0.4, -0.2) is 29.8 Å². The summed E-state index contributed by atoms with van der Waals surface area (Å²) in [5.74, 6) is -1.02. The molecule has 4 nitrogen and oxygen atoms in total. The first-order valence-electron chi connectivity index (χ1n) is 8.33. The predicted octanol–water partition coefficient (Wildman–Crippen LogP) is 3.89. The van der Waals surface area contributed by atoms with Gasteiger partial charge in [0.15, 0.2) is 0 Å². The average Bonchev–Trinajstić information content (AvgIpc) is 2.59. The highest BCUT2D eigenvalue weighted by molar-refractivity contribution is 6.30. The summed E-state index contributed by atoms with van der Waals surface area (Å²) in [5, 5.41) is 3.32. The van der Waals surface area contributed by atoms with E-state index < -0.39 is 6.04 Å². The zero-order valence-electron chi connectivity index (χ0n) is 15.0. The van der Waals surface area contributed by atoms with Gasteiger partial charge in [-0.15, -0.1) is 0 Å². The Morgan fingerprint density at radius 3 is 2.38 bits per heavy atom. The molecule has 2 rings (SSSR count). The summed E-state index contributed by atoms with van der Waals surface area (Å²) in [7, 11) is 1.64. The molecule has 0 spiro atoms. The lowest BCUT2D eigenvalue weighted by Gasteiger charge is -2.27. The molecule has 1 N–H and O–H groups in total. The van der Waals surface area contributed by atoms with Crippen molar-refractivity contribution in [2.45, 2.75) is 26.4 Å². The Morgan fingerprint density at radius 2 is 1.81 bits per heavy atom. The number of amides is 2. The maximum absolute atomic E-state index is 13.3. The number of rotatable bonds is 6. The van der Waals surface area contributed by atoms with Crippen LogP contribution in [0.15, 0.2) is 48.5 Å². The molecule has 2 amide bonds. The van der Waals surface area contributed by atoms with E-state index in [0.717, 1.165) is 0 Å². The Kier molecular flexibility index (Phi) is 6.75. The Hall–Kier alpha value is -2.40. The lowest BCUT2D eigenvalue weighted by Crippen LogP contribution is -2.50. The SMILES string of the molecule is CC(C)C(NC(=O)c1ccc(Cl)cc1)C(=O)N(C)Cc1cccc(F)c1. The second kappa shape index (κ2) is 8.81. The molecule has 0 fully saturated rings. The summed E-state index contributed by atoms with van der Waals surface area (Å²) in [5.41, 5.74) is 1.12. The molecule has 0 saturated carbocycles. The Bertz CT molecular complexity index is 778. The van der Waals surface area contributed by atoms with Crippen LogP contribution >= 0.6 is 11.6 Å². The number of nitrogens with zero attached hydrogens (tertiary/aromatic N) is 1. The maximum Gasteiger partial charge on any atom is 0.251 e. The van der Waals surface area contributed by atoms with E-state index in [1.54, 1.807) is 43.4 Å². The third kappa shape index (κ3) is 5.30. The molecule has 0 aromatic heterocycles. The topological polar surface area (TPSA) is 49.4 Å². The molecular weight excluding hydrogens is 355 g/mol. The van der Waals surface area contributed by atoms with E-state index in [1.165, 1.54) is 17.0 Å². The predicted molar refractivity (Wildman–Crippen MR) is 100 cm³/mol. The fourth-order valence-electron chi connectivity index (χ4n) is 2.56. The van der Waals surface area contributed by atoms with Crippen molar-refractivity contribution in [3.8, 4) is 0 Å². The first-order chi connectivity index (χ1) is 12.3. The Balaban J connectivity index is 2.08. The molecule has 0 saturated heterocycles. The van der Waals surface area contributed by atoms with E-state index in [4.69, 9.17) is 11.6 Å². The Morgan fingerprint density at radius 1 is 1.15 bits per heavy atom. The van der Waals surface area contributed by atoms with Crippen LogP contribution in [0.3, 0.4) is 0 Å². The van der Waals surface area contributed by atoms with Gasteiger partial charge in [-0.05, 0) is 47.9 Å². The highest BCUT2D eigenvalue weighted by Crippen LogP contribution is 2.13. The maximum atomic E-state index is 13.3. The lowest BCUT2D eigenvalue weighted by atomic mass is 10.0. The van der Waals surface area contributed by atoms with Gasteiger partial charge in [0.2, 0.25) is 5.91 Å². The minimum absolute atomic E-state index is 0.103. The number of carbonyl (C=O) groups excluding carboxylic acids is 2. The van der Waals surface area contributed by atoms with Crippen molar-refractivity contribution >= 4 is 23.4 Å². The van der Waals surface area contributed by atoms with E-state index in [9.17, 15) is 14.0 Å². The number of hydrogen-bond donors (Lipinski definition) is 1. The van der Waals surface area contributed by atoms with E-state index in [-0.39, 0.29) is 30.1 Å². The molecular formula is C20H22ClFN2O2. The van der Waals surface area contributed by atoms with Crippen molar-refractivity contribution in [3.63, 3.8) is 0 Å². The third-order valence-electron chi connectivity index (χ3n) is 4.01. The van der Waals surface area contributed by atoms with Gasteiger partial charge in [0, 0.05) is 24.2 Å². The van der Waals surface area contributed by atoms with Gasteiger partial charge in [0.1, 0.15) is 11.9 Å². The van der Waals surface area contributed by atoms with Gasteiger partial charge in [0.05, 0.1) is 0 Å². The molecule has 2 aromatic rings. The van der Waals surface area contributed by atoms with Crippen molar-refractivity contribution in [1.29, 1.82) is 0 Å². The molecule has 138 valence electrons. The number of nitrogens with one attached hydrogen (secondary N) is 1. The number of likely N-dealkylation sites (N-methyl/N-ethyl adjacent to an activating group) is 1. The fourth-order valence-corrected chi connectivity index (χ4v) is 2.69. The van der Waals surface area contributed by atoms with Crippen molar-refractivity contribution in [3.05, 3.63) is 70.5 Å². The van der Waals surface area contributed by atoms with Gasteiger partial charge >= 0.3 is 0 Å². The number of halogens is 2. The largest absolute Gasteiger partial charge is 0.340 e. The quantitative estimate of drug-likeness (QED) is 0.831. The van der Waals surface area contributed by atoms with E-state index in [2.05, 4.69) is 5.32 Å². The molecule has 0 radical (unpaired) electrons. The van der Waals surface area contributed by atoms with Crippen LogP contribution in [-0.2, 0) is 11.3 Å². The standard InChI is InChI=1S/C20H22ClFN2O2/c1-13(2)18(23-19(25)15-7-9-16(21)10-8-15)20(26)24(3)12-14-5-4-6-17(22)11-14/h4-11,13,18H,12H2,1-3H3,(H,23,25). The normalized spacial score (nSPS) is 11.9. The first kappa shape index (κ1) is 19.9. The minimum Gasteiger partial charge on any atom is -0.340 e. The molecule has 0 aliphatic heterocycles. The zero-order chi connectivity index (χ0) is 19.3. The number of hydrogen-bond acceptors (Lipinski definition) is 2. The second-order valence-electron chi connectivity index (χ2n) is 6.53. The van der Waals surface area contributed by atoms with Gasteiger partial charge in [-0.3, -0.25) is 9.59 Å². The van der Waals surface area contributed by atoms with E-state index in [0.29, 0.717) is 16.1 Å². The summed E-state index contributed by atoms with van der Waals surface area (Å²) in [6.07, 6.45) is 0. The van der Waals surface area contributed by atoms with Gasteiger partial charge in [0.25, 0.3) is 5.91 Å². The highest BCUT2D eigenvalue weighted by Gasteiger charge is 2.27. The van der Waals surface area contributed by atoms with Crippen LogP contribution in [0, 0.1) is 11.7 Å². The number of carbonyl (C=O) groups is 2. The molecule has 0 bridgehead atoms. The van der Waals surface area contributed by atoms with Crippen LogP contribution in [0.4, 0.5) is 4.39 Å². The average molecular weight is 377 g/mol. The lowest BCUT2D eigenvalue weighted by molar-refractivity contribution is -0.133. The minimum atomic E-state index is -0.684. The molecule has 2 aromatic carbocycles.